The van der Waals surface area contributed by atoms with Crippen molar-refractivity contribution in [1.29, 1.82) is 0 Å². The van der Waals surface area contributed by atoms with Crippen molar-refractivity contribution in [2.45, 2.75) is 58.9 Å². The van der Waals surface area contributed by atoms with Gasteiger partial charge in [-0.25, -0.2) is 0 Å². The summed E-state index contributed by atoms with van der Waals surface area (Å²) in [6.45, 7) is 9.22. The van der Waals surface area contributed by atoms with Gasteiger partial charge in [-0.2, -0.15) is 0 Å². The molecular formula is C11H24ClN. The van der Waals surface area contributed by atoms with Gasteiger partial charge in [0.15, 0.2) is 0 Å². The van der Waals surface area contributed by atoms with Crippen LogP contribution in [0.5, 0.6) is 0 Å². The molecule has 0 aliphatic heterocycles. The number of hydrogen-bond acceptors (Lipinski definition) is 1. The van der Waals surface area contributed by atoms with Crippen LogP contribution in [0.25, 0.3) is 0 Å². The molecule has 1 nitrogen and oxygen atoms in total. The van der Waals surface area contributed by atoms with Gasteiger partial charge < -0.3 is 5.73 Å². The van der Waals surface area contributed by atoms with Gasteiger partial charge in [0.25, 0.3) is 0 Å². The van der Waals surface area contributed by atoms with Crippen molar-refractivity contribution >= 4 is 12.4 Å². The summed E-state index contributed by atoms with van der Waals surface area (Å²) in [5.74, 6) is 0.883. The summed E-state index contributed by atoms with van der Waals surface area (Å²) in [6, 6.07) is 0. The van der Waals surface area contributed by atoms with Crippen molar-refractivity contribution in [3.05, 3.63) is 0 Å². The van der Waals surface area contributed by atoms with E-state index >= 15 is 0 Å². The number of nitrogens with two attached hydrogens (primary N) is 1. The first kappa shape index (κ1) is 13.2. The van der Waals surface area contributed by atoms with Crippen molar-refractivity contribution in [2.75, 3.05) is 0 Å². The molecule has 0 spiro atoms. The molecule has 2 heteroatoms. The van der Waals surface area contributed by atoms with Crippen LogP contribution in [0.3, 0.4) is 0 Å². The minimum absolute atomic E-state index is 0. The molecule has 80 valence electrons. The summed E-state index contributed by atoms with van der Waals surface area (Å²) in [7, 11) is 0. The molecule has 13 heavy (non-hydrogen) atoms. The first-order chi connectivity index (χ1) is 5.31. The van der Waals surface area contributed by atoms with Crippen LogP contribution in [0, 0.1) is 11.3 Å². The third kappa shape index (κ3) is 3.86. The highest BCUT2D eigenvalue weighted by atomic mass is 35.5. The molecule has 0 amide bonds. The topological polar surface area (TPSA) is 26.0 Å². The zero-order valence-corrected chi connectivity index (χ0v) is 10.2. The first-order valence-electron chi connectivity index (χ1n) is 5.10. The van der Waals surface area contributed by atoms with Crippen LogP contribution in [-0.2, 0) is 0 Å². The predicted molar refractivity (Wildman–Crippen MR) is 61.3 cm³/mol. The van der Waals surface area contributed by atoms with E-state index < -0.39 is 0 Å². The molecule has 0 heterocycles. The highest BCUT2D eigenvalue weighted by Gasteiger charge is 2.33. The Hall–Kier alpha value is 0.250. The lowest BCUT2D eigenvalue weighted by Gasteiger charge is -2.40. The first-order valence-corrected chi connectivity index (χ1v) is 5.10. The second-order valence-electron chi connectivity index (χ2n) is 5.79. The van der Waals surface area contributed by atoms with Crippen molar-refractivity contribution in [1.82, 2.24) is 0 Å². The highest BCUT2D eigenvalue weighted by molar-refractivity contribution is 5.85. The quantitative estimate of drug-likeness (QED) is 0.645. The fraction of sp³-hybridized carbons (Fsp3) is 1.00. The molecule has 0 aromatic rings. The third-order valence-corrected chi connectivity index (χ3v) is 3.35. The fourth-order valence-electron chi connectivity index (χ4n) is 2.14. The predicted octanol–water partition coefficient (Wildman–Crippen LogP) is 3.36. The Morgan fingerprint density at radius 3 is 1.85 bits per heavy atom. The van der Waals surface area contributed by atoms with Gasteiger partial charge in [-0.1, -0.05) is 20.8 Å². The van der Waals surface area contributed by atoms with Gasteiger partial charge >= 0.3 is 0 Å². The highest BCUT2D eigenvalue weighted by Crippen LogP contribution is 2.40. The molecule has 0 radical (unpaired) electrons. The van der Waals surface area contributed by atoms with E-state index in [4.69, 9.17) is 5.73 Å². The minimum Gasteiger partial charge on any atom is -0.325 e. The van der Waals surface area contributed by atoms with Crippen molar-refractivity contribution in [3.8, 4) is 0 Å². The molecule has 2 N–H and O–H groups in total. The van der Waals surface area contributed by atoms with E-state index in [0.29, 0.717) is 5.41 Å². The molecule has 1 fully saturated rings. The van der Waals surface area contributed by atoms with E-state index in [2.05, 4.69) is 27.7 Å². The maximum Gasteiger partial charge on any atom is 0.0126 e. The van der Waals surface area contributed by atoms with E-state index in [-0.39, 0.29) is 17.9 Å². The lowest BCUT2D eigenvalue weighted by molar-refractivity contribution is 0.141. The summed E-state index contributed by atoms with van der Waals surface area (Å²) >= 11 is 0. The van der Waals surface area contributed by atoms with Gasteiger partial charge in [0.1, 0.15) is 0 Å². The monoisotopic (exact) mass is 205 g/mol. The van der Waals surface area contributed by atoms with E-state index in [1.807, 2.05) is 0 Å². The van der Waals surface area contributed by atoms with Crippen molar-refractivity contribution in [2.24, 2.45) is 17.1 Å². The Labute approximate surface area is 88.9 Å². The van der Waals surface area contributed by atoms with Crippen molar-refractivity contribution in [3.63, 3.8) is 0 Å². The second kappa shape index (κ2) is 4.18. The Bertz CT molecular complexity index is 148. The van der Waals surface area contributed by atoms with Gasteiger partial charge in [-0.3, -0.25) is 0 Å². The van der Waals surface area contributed by atoms with E-state index in [9.17, 15) is 0 Å². The van der Waals surface area contributed by atoms with Crippen molar-refractivity contribution < 1.29 is 0 Å². The molecule has 0 atom stereocenters. The van der Waals surface area contributed by atoms with E-state index in [1.165, 1.54) is 25.7 Å². The summed E-state index contributed by atoms with van der Waals surface area (Å²) < 4.78 is 0. The molecular weight excluding hydrogens is 182 g/mol. The van der Waals surface area contributed by atoms with Crippen LogP contribution in [0.2, 0.25) is 0 Å². The maximum absolute atomic E-state index is 6.08. The summed E-state index contributed by atoms with van der Waals surface area (Å²) in [5, 5.41) is 0. The lowest BCUT2D eigenvalue weighted by atomic mass is 9.68. The Morgan fingerprint density at radius 1 is 1.15 bits per heavy atom. The third-order valence-electron chi connectivity index (χ3n) is 3.35. The van der Waals surface area contributed by atoms with Gasteiger partial charge in [-0.05, 0) is 43.9 Å². The second-order valence-corrected chi connectivity index (χ2v) is 5.79. The molecule has 0 saturated heterocycles. The molecule has 0 aromatic carbocycles. The van der Waals surface area contributed by atoms with Crippen LogP contribution in [-0.4, -0.2) is 5.54 Å². The Kier molecular flexibility index (Phi) is 4.26. The number of rotatable bonds is 0. The van der Waals surface area contributed by atoms with E-state index in [0.717, 1.165) is 5.92 Å². The average Bonchev–Trinajstić information content (AvgIpc) is 1.83. The van der Waals surface area contributed by atoms with Gasteiger partial charge in [-0.15, -0.1) is 12.4 Å². The molecule has 0 unspecified atom stereocenters. The molecule has 1 aliphatic rings. The Morgan fingerprint density at radius 2 is 1.54 bits per heavy atom. The van der Waals surface area contributed by atoms with Gasteiger partial charge in [0, 0.05) is 5.54 Å². The van der Waals surface area contributed by atoms with Crippen LogP contribution in [0.4, 0.5) is 0 Å². The van der Waals surface area contributed by atoms with E-state index in [1.54, 1.807) is 0 Å². The molecule has 0 bridgehead atoms. The normalized spacial score (nSPS) is 35.3. The summed E-state index contributed by atoms with van der Waals surface area (Å²) in [4.78, 5) is 0. The average molecular weight is 206 g/mol. The zero-order valence-electron chi connectivity index (χ0n) is 9.39. The Balaban J connectivity index is 0.00000144. The van der Waals surface area contributed by atoms with Gasteiger partial charge in [0.05, 0.1) is 0 Å². The molecule has 0 aromatic heterocycles. The van der Waals surface area contributed by atoms with Crippen LogP contribution >= 0.6 is 12.4 Å². The number of halogens is 1. The SMILES string of the molecule is CC1(N)CCC(C(C)(C)C)CC1.Cl. The zero-order chi connectivity index (χ0) is 9.41. The number of hydrogen-bond donors (Lipinski definition) is 1. The summed E-state index contributed by atoms with van der Waals surface area (Å²) in [5.41, 5.74) is 6.69. The minimum atomic E-state index is 0. The standard InChI is InChI=1S/C11H23N.ClH/c1-10(2,3)9-5-7-11(4,12)8-6-9;/h9H,5-8,12H2,1-4H3;1H. The largest absolute Gasteiger partial charge is 0.325 e. The fourth-order valence-corrected chi connectivity index (χ4v) is 2.14. The molecule has 1 aliphatic carbocycles. The van der Waals surface area contributed by atoms with Gasteiger partial charge in [0.2, 0.25) is 0 Å². The van der Waals surface area contributed by atoms with Crippen LogP contribution in [0.15, 0.2) is 0 Å². The van der Waals surface area contributed by atoms with Crippen LogP contribution in [0.1, 0.15) is 53.4 Å². The smallest absolute Gasteiger partial charge is 0.0126 e. The molecule has 1 rings (SSSR count). The summed E-state index contributed by atoms with van der Waals surface area (Å²) in [6.07, 6.45) is 5.04. The maximum atomic E-state index is 6.08. The lowest BCUT2D eigenvalue weighted by Crippen LogP contribution is -2.42. The molecule has 1 saturated carbocycles. The van der Waals surface area contributed by atoms with Crippen LogP contribution < -0.4 is 5.73 Å².